The average molecular weight is 479 g/mol. The van der Waals surface area contributed by atoms with E-state index in [1.165, 1.54) is 25.5 Å². The summed E-state index contributed by atoms with van der Waals surface area (Å²) >= 11 is 6.38. The van der Waals surface area contributed by atoms with Crippen LogP contribution in [0.4, 0.5) is 0 Å². The summed E-state index contributed by atoms with van der Waals surface area (Å²) in [6, 6.07) is 18.5. The van der Waals surface area contributed by atoms with Gasteiger partial charge < -0.3 is 19.0 Å². The zero-order chi connectivity index (χ0) is 24.1. The van der Waals surface area contributed by atoms with Gasteiger partial charge in [-0.1, -0.05) is 41.9 Å². The first kappa shape index (κ1) is 22.9. The van der Waals surface area contributed by atoms with Crippen LogP contribution in [0.1, 0.15) is 32.0 Å². The molecule has 2 N–H and O–H groups in total. The lowest BCUT2D eigenvalue weighted by Crippen LogP contribution is -2.16. The number of halogens is 1. The van der Waals surface area contributed by atoms with E-state index in [4.69, 9.17) is 30.6 Å². The Kier molecular flexibility index (Phi) is 6.79. The van der Waals surface area contributed by atoms with Gasteiger partial charge in [0.1, 0.15) is 12.2 Å². The fourth-order valence-electron chi connectivity index (χ4n) is 3.17. The van der Waals surface area contributed by atoms with Gasteiger partial charge in [0.25, 0.3) is 0 Å². The van der Waals surface area contributed by atoms with Crippen LogP contribution in [-0.4, -0.2) is 30.3 Å². The largest absolute Gasteiger partial charge is 0.493 e. The molecule has 8 nitrogen and oxygen atoms in total. The van der Waals surface area contributed by atoms with Gasteiger partial charge in [-0.3, -0.25) is 4.79 Å². The highest BCUT2D eigenvalue weighted by Crippen LogP contribution is 2.36. The maximum Gasteiger partial charge on any atom is 0.335 e. The smallest absolute Gasteiger partial charge is 0.335 e. The van der Waals surface area contributed by atoms with Crippen molar-refractivity contribution in [1.82, 2.24) is 5.43 Å². The summed E-state index contributed by atoms with van der Waals surface area (Å²) in [5.74, 6) is -0.633. The van der Waals surface area contributed by atoms with Gasteiger partial charge in [-0.2, -0.15) is 5.10 Å². The highest BCUT2D eigenvalue weighted by atomic mass is 35.5. The summed E-state index contributed by atoms with van der Waals surface area (Å²) in [6.45, 7) is 0.164. The highest BCUT2D eigenvalue weighted by Gasteiger charge is 2.13. The van der Waals surface area contributed by atoms with Crippen molar-refractivity contribution in [3.8, 4) is 11.5 Å². The Morgan fingerprint density at radius 2 is 1.88 bits per heavy atom. The Morgan fingerprint density at radius 1 is 1.12 bits per heavy atom. The summed E-state index contributed by atoms with van der Waals surface area (Å²) in [5, 5.41) is 14.1. The Labute approximate surface area is 199 Å². The molecule has 0 atom stereocenters. The molecule has 1 aromatic heterocycles. The minimum Gasteiger partial charge on any atom is -0.493 e. The standard InChI is InChI=1S/C25H19ClN2O6/c1-32-21-11-16(13-27-28-24(29)22-12-18-4-2-3-5-20(18)34-22)10-19(26)23(21)33-14-15-6-8-17(9-7-15)25(30)31/h2-13H,14H2,1H3,(H,28,29)(H,30,31)/b27-13+. The lowest BCUT2D eigenvalue weighted by molar-refractivity contribution is 0.0696. The first-order valence-electron chi connectivity index (χ1n) is 10.1. The second kappa shape index (κ2) is 10.1. The zero-order valence-electron chi connectivity index (χ0n) is 17.9. The van der Waals surface area contributed by atoms with E-state index in [0.717, 1.165) is 10.9 Å². The van der Waals surface area contributed by atoms with Gasteiger partial charge in [-0.05, 0) is 47.5 Å². The van der Waals surface area contributed by atoms with Crippen LogP contribution in [0, 0.1) is 0 Å². The molecule has 9 heteroatoms. The van der Waals surface area contributed by atoms with Crippen LogP contribution >= 0.6 is 11.6 Å². The first-order valence-corrected chi connectivity index (χ1v) is 10.5. The quantitative estimate of drug-likeness (QED) is 0.268. The number of carboxylic acid groups (broad SMARTS) is 1. The highest BCUT2D eigenvalue weighted by molar-refractivity contribution is 6.32. The third-order valence-electron chi connectivity index (χ3n) is 4.86. The molecule has 0 fully saturated rings. The number of nitrogens with one attached hydrogen (secondary N) is 1. The van der Waals surface area contributed by atoms with Crippen LogP contribution in [0.5, 0.6) is 11.5 Å². The predicted molar refractivity (Wildman–Crippen MR) is 127 cm³/mol. The van der Waals surface area contributed by atoms with Crippen LogP contribution in [-0.2, 0) is 6.61 Å². The summed E-state index contributed by atoms with van der Waals surface area (Å²) in [4.78, 5) is 23.3. The van der Waals surface area contributed by atoms with Gasteiger partial charge in [0.15, 0.2) is 17.3 Å². The molecule has 1 amide bonds. The number of rotatable bonds is 8. The number of furan rings is 1. The van der Waals surface area contributed by atoms with Crippen molar-refractivity contribution in [2.45, 2.75) is 6.61 Å². The summed E-state index contributed by atoms with van der Waals surface area (Å²) < 4.78 is 16.7. The molecule has 0 aliphatic heterocycles. The Hall–Kier alpha value is -4.30. The number of para-hydroxylation sites is 1. The number of hydrogen-bond donors (Lipinski definition) is 2. The molecule has 0 bridgehead atoms. The lowest BCUT2D eigenvalue weighted by Gasteiger charge is -2.13. The SMILES string of the molecule is COc1cc(/C=N/NC(=O)c2cc3ccccc3o2)cc(Cl)c1OCc1ccc(C(=O)O)cc1. The van der Waals surface area contributed by atoms with E-state index in [-0.39, 0.29) is 23.0 Å². The summed E-state index contributed by atoms with van der Waals surface area (Å²) in [7, 11) is 1.48. The molecular weight excluding hydrogens is 460 g/mol. The first-order chi connectivity index (χ1) is 16.4. The number of hydrazone groups is 1. The number of methoxy groups -OCH3 is 1. The lowest BCUT2D eigenvalue weighted by atomic mass is 10.1. The van der Waals surface area contributed by atoms with Gasteiger partial charge in [-0.15, -0.1) is 0 Å². The van der Waals surface area contributed by atoms with Gasteiger partial charge in [0.2, 0.25) is 0 Å². The van der Waals surface area contributed by atoms with E-state index < -0.39 is 11.9 Å². The second-order valence-corrected chi connectivity index (χ2v) is 7.58. The van der Waals surface area contributed by atoms with E-state index >= 15 is 0 Å². The van der Waals surface area contributed by atoms with E-state index in [1.807, 2.05) is 18.2 Å². The van der Waals surface area contributed by atoms with Crippen molar-refractivity contribution in [1.29, 1.82) is 0 Å². The Balaban J connectivity index is 1.42. The topological polar surface area (TPSA) is 110 Å². The van der Waals surface area contributed by atoms with E-state index in [2.05, 4.69) is 10.5 Å². The minimum atomic E-state index is -0.997. The number of hydrogen-bond acceptors (Lipinski definition) is 6. The average Bonchev–Trinajstić information content (AvgIpc) is 3.28. The number of aromatic carboxylic acids is 1. The number of carbonyl (C=O) groups excluding carboxylic acids is 1. The van der Waals surface area contributed by atoms with Gasteiger partial charge in [0.05, 0.1) is 23.9 Å². The molecule has 0 spiro atoms. The summed E-state index contributed by atoms with van der Waals surface area (Å²) in [6.07, 6.45) is 1.42. The minimum absolute atomic E-state index is 0.147. The molecule has 0 radical (unpaired) electrons. The fraction of sp³-hybridized carbons (Fsp3) is 0.0800. The van der Waals surface area contributed by atoms with Crippen molar-refractivity contribution in [2.24, 2.45) is 5.10 Å². The molecule has 0 aliphatic rings. The van der Waals surface area contributed by atoms with Gasteiger partial charge >= 0.3 is 11.9 Å². The number of amides is 1. The number of fused-ring (bicyclic) bond motifs is 1. The molecule has 0 unspecified atom stereocenters. The molecule has 4 rings (SSSR count). The molecule has 0 saturated carbocycles. The summed E-state index contributed by atoms with van der Waals surface area (Å²) in [5.41, 5.74) is 4.56. The molecule has 0 saturated heterocycles. The third-order valence-corrected chi connectivity index (χ3v) is 5.15. The van der Waals surface area contributed by atoms with E-state index in [0.29, 0.717) is 22.6 Å². The predicted octanol–water partition coefficient (Wildman–Crippen LogP) is 5.14. The zero-order valence-corrected chi connectivity index (χ0v) is 18.7. The van der Waals surface area contributed by atoms with E-state index in [1.54, 1.807) is 36.4 Å². The monoisotopic (exact) mass is 478 g/mol. The van der Waals surface area contributed by atoms with Gasteiger partial charge in [0, 0.05) is 5.39 Å². The van der Waals surface area contributed by atoms with E-state index in [9.17, 15) is 9.59 Å². The van der Waals surface area contributed by atoms with Crippen LogP contribution in [0.25, 0.3) is 11.0 Å². The molecule has 1 heterocycles. The van der Waals surface area contributed by atoms with Crippen molar-refractivity contribution < 1.29 is 28.6 Å². The number of ether oxygens (including phenoxy) is 2. The maximum atomic E-state index is 12.3. The fourth-order valence-corrected chi connectivity index (χ4v) is 3.44. The number of carboxylic acids is 1. The molecule has 0 aliphatic carbocycles. The molecular formula is C25H19ClN2O6. The van der Waals surface area contributed by atoms with Gasteiger partial charge in [-0.25, -0.2) is 10.2 Å². The number of carbonyl (C=O) groups is 2. The third kappa shape index (κ3) is 5.19. The van der Waals surface area contributed by atoms with Crippen LogP contribution in [0.3, 0.4) is 0 Å². The van der Waals surface area contributed by atoms with Crippen molar-refractivity contribution in [3.05, 3.63) is 94.2 Å². The second-order valence-electron chi connectivity index (χ2n) is 7.17. The van der Waals surface area contributed by atoms with Crippen molar-refractivity contribution in [3.63, 3.8) is 0 Å². The van der Waals surface area contributed by atoms with Crippen molar-refractivity contribution in [2.75, 3.05) is 7.11 Å². The van der Waals surface area contributed by atoms with Crippen molar-refractivity contribution >= 4 is 40.7 Å². The molecule has 4 aromatic rings. The van der Waals surface area contributed by atoms with Crippen LogP contribution in [0.15, 0.2) is 76.2 Å². The number of nitrogens with zero attached hydrogens (tertiary/aromatic N) is 1. The maximum absolute atomic E-state index is 12.3. The molecule has 34 heavy (non-hydrogen) atoms. The molecule has 3 aromatic carbocycles. The van der Waals surface area contributed by atoms with Crippen LogP contribution in [0.2, 0.25) is 5.02 Å². The molecule has 172 valence electrons. The Bertz CT molecular complexity index is 1350. The number of benzene rings is 3. The normalized spacial score (nSPS) is 11.0. The Morgan fingerprint density at radius 3 is 2.59 bits per heavy atom. The van der Waals surface area contributed by atoms with Crippen LogP contribution < -0.4 is 14.9 Å².